The van der Waals surface area contributed by atoms with Crippen molar-refractivity contribution in [3.8, 4) is 0 Å². The Morgan fingerprint density at radius 3 is 2.14 bits per heavy atom. The zero-order chi connectivity index (χ0) is 16.5. The standard InChI is InChI=1S/C18H28BO3/c1-12(20)15-10-11-16(15)13-6-8-14(9-7-13)19-22-18(4,5)17(2,3)21/h6-9,12,15-16,20-21H,10-11H2,1-5H3. The lowest BCUT2D eigenvalue weighted by atomic mass is 9.67. The molecule has 0 heterocycles. The van der Waals surface area contributed by atoms with E-state index in [1.54, 1.807) is 21.3 Å². The molecule has 22 heavy (non-hydrogen) atoms. The highest BCUT2D eigenvalue weighted by molar-refractivity contribution is 6.47. The fourth-order valence-electron chi connectivity index (χ4n) is 2.70. The number of hydrogen-bond acceptors (Lipinski definition) is 3. The third-order valence-corrected chi connectivity index (χ3v) is 5.28. The van der Waals surface area contributed by atoms with Crippen molar-refractivity contribution in [2.24, 2.45) is 5.92 Å². The summed E-state index contributed by atoms with van der Waals surface area (Å²) in [5.74, 6) is 0.864. The minimum Gasteiger partial charge on any atom is -0.427 e. The van der Waals surface area contributed by atoms with E-state index in [1.165, 1.54) is 5.56 Å². The highest BCUT2D eigenvalue weighted by atomic mass is 16.5. The Morgan fingerprint density at radius 1 is 1.14 bits per heavy atom. The van der Waals surface area contributed by atoms with Gasteiger partial charge in [-0.1, -0.05) is 29.7 Å². The van der Waals surface area contributed by atoms with Gasteiger partial charge in [-0.25, -0.2) is 0 Å². The van der Waals surface area contributed by atoms with Crippen molar-refractivity contribution in [1.29, 1.82) is 0 Å². The zero-order valence-electron chi connectivity index (χ0n) is 14.3. The molecular weight excluding hydrogens is 275 g/mol. The van der Waals surface area contributed by atoms with Gasteiger partial charge >= 0.3 is 7.48 Å². The number of rotatable bonds is 6. The quantitative estimate of drug-likeness (QED) is 0.793. The molecule has 0 saturated heterocycles. The van der Waals surface area contributed by atoms with Crippen LogP contribution in [-0.4, -0.2) is 35.0 Å². The summed E-state index contributed by atoms with van der Waals surface area (Å²) in [6.07, 6.45) is 2.03. The topological polar surface area (TPSA) is 49.7 Å². The first-order valence-corrected chi connectivity index (χ1v) is 8.13. The van der Waals surface area contributed by atoms with E-state index in [-0.39, 0.29) is 6.10 Å². The van der Waals surface area contributed by atoms with Gasteiger partial charge < -0.3 is 14.9 Å². The van der Waals surface area contributed by atoms with Gasteiger partial charge in [0.15, 0.2) is 0 Å². The molecule has 2 N–H and O–H groups in total. The van der Waals surface area contributed by atoms with E-state index in [0.717, 1.165) is 18.3 Å². The summed E-state index contributed by atoms with van der Waals surface area (Å²) >= 11 is 0. The molecule has 1 radical (unpaired) electrons. The van der Waals surface area contributed by atoms with Crippen LogP contribution in [0.1, 0.15) is 58.9 Å². The molecule has 121 valence electrons. The molecule has 1 saturated carbocycles. The van der Waals surface area contributed by atoms with Crippen molar-refractivity contribution >= 4 is 12.9 Å². The zero-order valence-corrected chi connectivity index (χ0v) is 14.3. The first-order valence-electron chi connectivity index (χ1n) is 8.13. The lowest BCUT2D eigenvalue weighted by Gasteiger charge is -2.39. The Balaban J connectivity index is 1.96. The SMILES string of the molecule is CC(O)C1CCC1c1ccc([B]OC(C)(C)C(C)(C)O)cc1. The Bertz CT molecular complexity index is 488. The van der Waals surface area contributed by atoms with Gasteiger partial charge in [0.2, 0.25) is 0 Å². The second-order valence-electron chi connectivity index (χ2n) is 7.56. The lowest BCUT2D eigenvalue weighted by molar-refractivity contribution is -0.0893. The van der Waals surface area contributed by atoms with Crippen LogP contribution in [0, 0.1) is 5.92 Å². The largest absolute Gasteiger partial charge is 0.427 e. The molecule has 0 aromatic heterocycles. The second kappa shape index (κ2) is 6.35. The van der Waals surface area contributed by atoms with Crippen molar-refractivity contribution in [3.63, 3.8) is 0 Å². The first-order chi connectivity index (χ1) is 10.1. The highest BCUT2D eigenvalue weighted by Crippen LogP contribution is 2.44. The second-order valence-corrected chi connectivity index (χ2v) is 7.56. The van der Waals surface area contributed by atoms with Gasteiger partial charge in [0.1, 0.15) is 0 Å². The van der Waals surface area contributed by atoms with Crippen LogP contribution < -0.4 is 5.46 Å². The molecule has 3 nitrogen and oxygen atoms in total. The molecule has 1 aliphatic rings. The maximum Gasteiger partial charge on any atom is 0.330 e. The van der Waals surface area contributed by atoms with E-state index in [1.807, 2.05) is 32.9 Å². The van der Waals surface area contributed by atoms with Crippen LogP contribution in [-0.2, 0) is 4.65 Å². The first kappa shape index (κ1) is 17.5. The van der Waals surface area contributed by atoms with Gasteiger partial charge in [0.25, 0.3) is 0 Å². The fraction of sp³-hybridized carbons (Fsp3) is 0.667. The molecule has 1 aromatic rings. The van der Waals surface area contributed by atoms with Crippen LogP contribution >= 0.6 is 0 Å². The van der Waals surface area contributed by atoms with Crippen LogP contribution in [0.25, 0.3) is 0 Å². The molecule has 0 aliphatic heterocycles. The third kappa shape index (κ3) is 3.73. The minimum absolute atomic E-state index is 0.235. The number of hydrogen-bond donors (Lipinski definition) is 2. The van der Waals surface area contributed by atoms with Gasteiger partial charge in [-0.05, 0) is 64.9 Å². The van der Waals surface area contributed by atoms with Gasteiger partial charge in [0.05, 0.1) is 17.3 Å². The maximum atomic E-state index is 10.1. The van der Waals surface area contributed by atoms with Crippen molar-refractivity contribution < 1.29 is 14.9 Å². The van der Waals surface area contributed by atoms with Crippen LogP contribution in [0.3, 0.4) is 0 Å². The Labute approximate surface area is 135 Å². The molecule has 2 rings (SSSR count). The van der Waals surface area contributed by atoms with Gasteiger partial charge in [-0.2, -0.15) is 0 Å². The summed E-state index contributed by atoms with van der Waals surface area (Å²) in [7, 11) is 1.70. The molecule has 1 aromatic carbocycles. The molecular formula is C18H28BO3. The van der Waals surface area contributed by atoms with Gasteiger partial charge in [-0.3, -0.25) is 0 Å². The smallest absolute Gasteiger partial charge is 0.330 e. The van der Waals surface area contributed by atoms with Crippen LogP contribution in [0.4, 0.5) is 0 Å². The average Bonchev–Trinajstić information content (AvgIpc) is 2.34. The fourth-order valence-corrected chi connectivity index (χ4v) is 2.70. The molecule has 0 bridgehead atoms. The molecule has 0 spiro atoms. The Kier molecular flexibility index (Phi) is 5.05. The van der Waals surface area contributed by atoms with Crippen molar-refractivity contribution in [2.75, 3.05) is 0 Å². The predicted molar refractivity (Wildman–Crippen MR) is 90.4 cm³/mol. The summed E-state index contributed by atoms with van der Waals surface area (Å²) in [4.78, 5) is 0. The van der Waals surface area contributed by atoms with E-state index in [0.29, 0.717) is 11.8 Å². The van der Waals surface area contributed by atoms with Crippen molar-refractivity contribution in [2.45, 2.75) is 70.7 Å². The van der Waals surface area contributed by atoms with E-state index in [4.69, 9.17) is 4.65 Å². The van der Waals surface area contributed by atoms with Crippen LogP contribution in [0.5, 0.6) is 0 Å². The lowest BCUT2D eigenvalue weighted by Crippen LogP contribution is -2.49. The maximum absolute atomic E-state index is 10.1. The van der Waals surface area contributed by atoms with Gasteiger partial charge in [0, 0.05) is 0 Å². The Morgan fingerprint density at radius 2 is 1.73 bits per heavy atom. The monoisotopic (exact) mass is 303 g/mol. The number of aliphatic hydroxyl groups is 2. The van der Waals surface area contributed by atoms with Crippen molar-refractivity contribution in [1.82, 2.24) is 0 Å². The number of aliphatic hydroxyl groups excluding tert-OH is 1. The number of benzene rings is 1. The summed E-state index contributed by atoms with van der Waals surface area (Å²) in [5, 5.41) is 19.9. The van der Waals surface area contributed by atoms with E-state index in [9.17, 15) is 10.2 Å². The summed E-state index contributed by atoms with van der Waals surface area (Å²) in [6, 6.07) is 8.30. The summed E-state index contributed by atoms with van der Waals surface area (Å²) in [6.45, 7) is 9.12. The minimum atomic E-state index is -0.917. The normalized spacial score (nSPS) is 23.8. The van der Waals surface area contributed by atoms with E-state index >= 15 is 0 Å². The molecule has 3 unspecified atom stereocenters. The molecule has 1 fully saturated rings. The molecule has 3 atom stereocenters. The molecule has 1 aliphatic carbocycles. The highest BCUT2D eigenvalue weighted by Gasteiger charge is 2.36. The third-order valence-electron chi connectivity index (χ3n) is 5.28. The van der Waals surface area contributed by atoms with Crippen molar-refractivity contribution in [3.05, 3.63) is 29.8 Å². The predicted octanol–water partition coefficient (Wildman–Crippen LogP) is 2.37. The average molecular weight is 303 g/mol. The Hall–Kier alpha value is -0.835. The van der Waals surface area contributed by atoms with E-state index in [2.05, 4.69) is 12.1 Å². The van der Waals surface area contributed by atoms with E-state index < -0.39 is 11.2 Å². The molecule has 4 heteroatoms. The van der Waals surface area contributed by atoms with Gasteiger partial charge in [-0.15, -0.1) is 0 Å². The van der Waals surface area contributed by atoms with Crippen LogP contribution in [0.15, 0.2) is 24.3 Å². The summed E-state index contributed by atoms with van der Waals surface area (Å²) in [5.41, 5.74) is 0.696. The summed E-state index contributed by atoms with van der Waals surface area (Å²) < 4.78 is 5.76. The molecule has 0 amide bonds. The van der Waals surface area contributed by atoms with Crippen LogP contribution in [0.2, 0.25) is 0 Å².